The van der Waals surface area contributed by atoms with Crippen LogP contribution in [0.15, 0.2) is 34.9 Å². The zero-order valence-electron chi connectivity index (χ0n) is 16.8. The first-order valence-corrected chi connectivity index (χ1v) is 11.3. The van der Waals surface area contributed by atoms with Crippen LogP contribution < -0.4 is 4.72 Å². The van der Waals surface area contributed by atoms with E-state index in [1.165, 1.54) is 0 Å². The van der Waals surface area contributed by atoms with Crippen molar-refractivity contribution in [3.8, 4) is 11.4 Å². The molecule has 2 atom stereocenters. The van der Waals surface area contributed by atoms with Crippen molar-refractivity contribution in [3.05, 3.63) is 53.2 Å². The minimum Gasteiger partial charge on any atom is -0.361 e. The number of H-pyrrole nitrogens is 1. The Balaban J connectivity index is 1.68. The fourth-order valence-corrected chi connectivity index (χ4v) is 4.56. The summed E-state index contributed by atoms with van der Waals surface area (Å²) in [4.78, 5) is 19.5. The molecule has 0 saturated carbocycles. The summed E-state index contributed by atoms with van der Waals surface area (Å²) in [6, 6.07) is 8.54. The van der Waals surface area contributed by atoms with Gasteiger partial charge in [-0.1, -0.05) is 35.5 Å². The number of aryl methyl sites for hydroxylation is 2. The minimum atomic E-state index is -3.44. The van der Waals surface area contributed by atoms with Gasteiger partial charge in [0.25, 0.3) is 5.91 Å². The second-order valence-corrected chi connectivity index (χ2v) is 9.19. The quantitative estimate of drug-likeness (QED) is 0.627. The molecule has 3 heterocycles. The summed E-state index contributed by atoms with van der Waals surface area (Å²) < 4.78 is 31.2. The van der Waals surface area contributed by atoms with Gasteiger partial charge in [-0.3, -0.25) is 9.89 Å². The van der Waals surface area contributed by atoms with E-state index in [0.29, 0.717) is 35.1 Å². The van der Waals surface area contributed by atoms with Gasteiger partial charge >= 0.3 is 0 Å². The Hall–Kier alpha value is -3.05. The predicted octanol–water partition coefficient (Wildman–Crippen LogP) is 1.58. The molecule has 2 N–H and O–H groups in total. The maximum Gasteiger partial charge on any atom is 0.260 e. The number of nitrogens with one attached hydrogen (secondary N) is 2. The highest BCUT2D eigenvalue weighted by Gasteiger charge is 2.41. The van der Waals surface area contributed by atoms with Gasteiger partial charge in [0.2, 0.25) is 10.0 Å². The van der Waals surface area contributed by atoms with Crippen molar-refractivity contribution in [2.45, 2.75) is 32.4 Å². The highest BCUT2D eigenvalue weighted by Crippen LogP contribution is 2.33. The molecule has 0 unspecified atom stereocenters. The number of hydrogen-bond donors (Lipinski definition) is 2. The number of hydrogen-bond acceptors (Lipinski definition) is 7. The summed E-state index contributed by atoms with van der Waals surface area (Å²) in [7, 11) is -3.44. The van der Waals surface area contributed by atoms with Gasteiger partial charge in [-0.15, -0.1) is 0 Å². The van der Waals surface area contributed by atoms with Gasteiger partial charge in [0.05, 0.1) is 18.0 Å². The summed E-state index contributed by atoms with van der Waals surface area (Å²) in [6.45, 7) is 3.57. The number of carbonyl (C=O) groups excluding carboxylic acids is 1. The van der Waals surface area contributed by atoms with E-state index < -0.39 is 22.1 Å². The summed E-state index contributed by atoms with van der Waals surface area (Å²) in [5.41, 5.74) is 1.70. The lowest BCUT2D eigenvalue weighted by Crippen LogP contribution is -2.38. The van der Waals surface area contributed by atoms with Crippen LogP contribution in [0.5, 0.6) is 0 Å². The molecule has 0 aliphatic carbocycles. The molecule has 0 spiro atoms. The topological polar surface area (TPSA) is 134 Å². The summed E-state index contributed by atoms with van der Waals surface area (Å²) >= 11 is 0. The third-order valence-corrected chi connectivity index (χ3v) is 5.80. The molecule has 1 aliphatic rings. The van der Waals surface area contributed by atoms with Crippen LogP contribution in [-0.4, -0.2) is 58.4 Å². The van der Waals surface area contributed by atoms with Crippen molar-refractivity contribution in [2.24, 2.45) is 0 Å². The van der Waals surface area contributed by atoms with Gasteiger partial charge in [0.15, 0.2) is 5.82 Å². The third-order valence-electron chi connectivity index (χ3n) is 5.04. The lowest BCUT2D eigenvalue weighted by Gasteiger charge is -2.22. The second-order valence-electron chi connectivity index (χ2n) is 7.41. The van der Waals surface area contributed by atoms with E-state index in [-0.39, 0.29) is 12.5 Å². The molecule has 10 nitrogen and oxygen atoms in total. The number of likely N-dealkylation sites (tertiary alicyclic amines) is 1. The van der Waals surface area contributed by atoms with Crippen molar-refractivity contribution in [3.63, 3.8) is 0 Å². The molecule has 0 radical (unpaired) electrons. The largest absolute Gasteiger partial charge is 0.361 e. The van der Waals surface area contributed by atoms with E-state index in [2.05, 4.69) is 25.1 Å². The van der Waals surface area contributed by atoms with Gasteiger partial charge < -0.3 is 9.42 Å². The molecular formula is C19H22N6O4S. The maximum atomic E-state index is 13.3. The number of aromatic amines is 1. The SMILES string of the molecule is Cc1noc(C)c1C(=O)N1C[C@@H](NS(C)(=O)=O)C[C@H]1c1nc(-c2ccccc2)n[nH]1. The molecule has 3 aromatic rings. The van der Waals surface area contributed by atoms with E-state index in [4.69, 9.17) is 4.52 Å². The van der Waals surface area contributed by atoms with E-state index in [0.717, 1.165) is 11.8 Å². The van der Waals surface area contributed by atoms with Crippen molar-refractivity contribution in [1.82, 2.24) is 30.0 Å². The minimum absolute atomic E-state index is 0.196. The number of benzene rings is 1. The average molecular weight is 430 g/mol. The highest BCUT2D eigenvalue weighted by molar-refractivity contribution is 7.88. The van der Waals surface area contributed by atoms with Crippen molar-refractivity contribution >= 4 is 15.9 Å². The normalized spacial score (nSPS) is 19.4. The van der Waals surface area contributed by atoms with Crippen LogP contribution >= 0.6 is 0 Å². The highest BCUT2D eigenvalue weighted by atomic mass is 32.2. The smallest absolute Gasteiger partial charge is 0.260 e. The Morgan fingerprint density at radius 2 is 2.00 bits per heavy atom. The Bertz CT molecular complexity index is 1150. The zero-order valence-corrected chi connectivity index (χ0v) is 17.6. The van der Waals surface area contributed by atoms with E-state index in [9.17, 15) is 13.2 Å². The first kappa shape index (κ1) is 20.2. The third kappa shape index (κ3) is 3.98. The monoisotopic (exact) mass is 430 g/mol. The Morgan fingerprint density at radius 3 is 2.63 bits per heavy atom. The molecule has 158 valence electrons. The molecule has 2 aromatic heterocycles. The zero-order chi connectivity index (χ0) is 21.5. The molecule has 30 heavy (non-hydrogen) atoms. The number of aromatic nitrogens is 4. The lowest BCUT2D eigenvalue weighted by atomic mass is 10.1. The summed E-state index contributed by atoms with van der Waals surface area (Å²) in [5.74, 6) is 1.13. The number of carbonyl (C=O) groups is 1. The average Bonchev–Trinajstić information content (AvgIpc) is 3.40. The fourth-order valence-electron chi connectivity index (χ4n) is 3.78. The molecule has 1 aliphatic heterocycles. The molecule has 4 rings (SSSR count). The Kier molecular flexibility index (Phi) is 5.16. The van der Waals surface area contributed by atoms with Crippen LogP contribution in [0, 0.1) is 13.8 Å². The maximum absolute atomic E-state index is 13.3. The molecule has 0 bridgehead atoms. The lowest BCUT2D eigenvalue weighted by molar-refractivity contribution is 0.0725. The van der Waals surface area contributed by atoms with Gasteiger partial charge in [0, 0.05) is 18.2 Å². The van der Waals surface area contributed by atoms with Crippen molar-refractivity contribution in [1.29, 1.82) is 0 Å². The number of rotatable bonds is 5. The number of nitrogens with zero attached hydrogens (tertiary/aromatic N) is 4. The van der Waals surface area contributed by atoms with Crippen LogP contribution in [-0.2, 0) is 10.0 Å². The second kappa shape index (κ2) is 7.65. The van der Waals surface area contributed by atoms with Gasteiger partial charge in [-0.2, -0.15) is 5.10 Å². The van der Waals surface area contributed by atoms with E-state index >= 15 is 0 Å². The van der Waals surface area contributed by atoms with Gasteiger partial charge in [-0.25, -0.2) is 18.1 Å². The van der Waals surface area contributed by atoms with Gasteiger partial charge in [-0.05, 0) is 20.3 Å². The molecule has 1 saturated heterocycles. The molecule has 1 amide bonds. The van der Waals surface area contributed by atoms with Crippen LogP contribution in [0.4, 0.5) is 0 Å². The Morgan fingerprint density at radius 1 is 1.27 bits per heavy atom. The number of amides is 1. The van der Waals surface area contributed by atoms with Crippen LogP contribution in [0.25, 0.3) is 11.4 Å². The molecule has 1 aromatic carbocycles. The van der Waals surface area contributed by atoms with Crippen molar-refractivity contribution < 1.29 is 17.7 Å². The molecule has 1 fully saturated rings. The Labute approximate surface area is 173 Å². The predicted molar refractivity (Wildman–Crippen MR) is 108 cm³/mol. The van der Waals surface area contributed by atoms with Crippen molar-refractivity contribution in [2.75, 3.05) is 12.8 Å². The van der Waals surface area contributed by atoms with Crippen LogP contribution in [0.3, 0.4) is 0 Å². The first-order valence-electron chi connectivity index (χ1n) is 9.42. The summed E-state index contributed by atoms with van der Waals surface area (Å²) in [6.07, 6.45) is 1.47. The summed E-state index contributed by atoms with van der Waals surface area (Å²) in [5, 5.41) is 11.1. The molecular weight excluding hydrogens is 408 g/mol. The number of sulfonamides is 1. The van der Waals surface area contributed by atoms with Crippen LogP contribution in [0.2, 0.25) is 0 Å². The van der Waals surface area contributed by atoms with Gasteiger partial charge in [0.1, 0.15) is 17.1 Å². The van der Waals surface area contributed by atoms with E-state index in [1.54, 1.807) is 18.7 Å². The fraction of sp³-hybridized carbons (Fsp3) is 0.368. The molecule has 11 heteroatoms. The first-order chi connectivity index (χ1) is 14.2. The standard InChI is InChI=1S/C19H22N6O4S/c1-11-16(12(2)29-23-11)19(26)25-10-14(24-30(3,27)28)9-15(25)18-20-17(21-22-18)13-7-5-4-6-8-13/h4-8,14-15,24H,9-10H2,1-3H3,(H,20,21,22)/t14-,15-/m0/s1. The van der Waals surface area contributed by atoms with E-state index in [1.807, 2.05) is 30.3 Å². The van der Waals surface area contributed by atoms with Crippen LogP contribution in [0.1, 0.15) is 40.1 Å².